The predicted octanol–water partition coefficient (Wildman–Crippen LogP) is -1.91. The molecule has 100 valence electrons. The van der Waals surface area contributed by atoms with Crippen molar-refractivity contribution in [1.82, 2.24) is 9.55 Å². The molecule has 2 heterocycles. The summed E-state index contributed by atoms with van der Waals surface area (Å²) in [6, 6.07) is 1.42. The first-order valence-electron chi connectivity index (χ1n) is 5.40. The molecule has 1 aromatic heterocycles. The van der Waals surface area contributed by atoms with Crippen LogP contribution in [0.4, 0.5) is 5.82 Å². The minimum Gasteiger partial charge on any atom is -0.394 e. The smallest absolute Gasteiger partial charge is 0.351 e. The fraction of sp³-hybridized carbons (Fsp3) is 0.600. The van der Waals surface area contributed by atoms with Crippen LogP contribution in [-0.2, 0) is 9.47 Å². The van der Waals surface area contributed by atoms with E-state index in [0.717, 1.165) is 4.57 Å². The molecule has 1 aliphatic heterocycles. The van der Waals surface area contributed by atoms with Gasteiger partial charge in [0.15, 0.2) is 6.23 Å². The lowest BCUT2D eigenvalue weighted by molar-refractivity contribution is -0.0568. The molecule has 1 aromatic rings. The van der Waals surface area contributed by atoms with Crippen molar-refractivity contribution in [3.8, 4) is 0 Å². The van der Waals surface area contributed by atoms with Crippen LogP contribution in [0, 0.1) is 0 Å². The van der Waals surface area contributed by atoms with E-state index in [0.29, 0.717) is 0 Å². The monoisotopic (exact) mass is 257 g/mol. The summed E-state index contributed by atoms with van der Waals surface area (Å²) >= 11 is 0. The van der Waals surface area contributed by atoms with E-state index in [4.69, 9.17) is 20.3 Å². The van der Waals surface area contributed by atoms with Crippen LogP contribution in [-0.4, -0.2) is 51.8 Å². The van der Waals surface area contributed by atoms with E-state index in [1.54, 1.807) is 0 Å². The van der Waals surface area contributed by atoms with Crippen LogP contribution in [0.2, 0.25) is 0 Å². The Bertz CT molecular complexity index is 477. The third kappa shape index (κ3) is 2.10. The first-order valence-corrected chi connectivity index (χ1v) is 5.40. The van der Waals surface area contributed by atoms with Crippen molar-refractivity contribution in [2.75, 3.05) is 19.5 Å². The predicted molar refractivity (Wildman–Crippen MR) is 60.7 cm³/mol. The van der Waals surface area contributed by atoms with Gasteiger partial charge in [-0.15, -0.1) is 0 Å². The molecule has 18 heavy (non-hydrogen) atoms. The Morgan fingerprint density at radius 1 is 1.67 bits per heavy atom. The summed E-state index contributed by atoms with van der Waals surface area (Å²) in [5.74, 6) is 0.0886. The lowest BCUT2D eigenvalue weighted by atomic mass is 10.1. The molecule has 8 nitrogen and oxygen atoms in total. The Morgan fingerprint density at radius 2 is 2.39 bits per heavy atom. The van der Waals surface area contributed by atoms with Crippen molar-refractivity contribution in [1.29, 1.82) is 0 Å². The van der Waals surface area contributed by atoms with Gasteiger partial charge in [0.2, 0.25) is 0 Å². The molecule has 8 heteroatoms. The molecule has 0 aromatic carbocycles. The number of nitrogens with zero attached hydrogens (tertiary/aromatic N) is 2. The number of ether oxygens (including phenoxy) is 2. The highest BCUT2D eigenvalue weighted by molar-refractivity contribution is 5.23. The van der Waals surface area contributed by atoms with Gasteiger partial charge in [-0.25, -0.2) is 4.79 Å². The summed E-state index contributed by atoms with van der Waals surface area (Å²) < 4.78 is 11.6. The van der Waals surface area contributed by atoms with Gasteiger partial charge >= 0.3 is 5.69 Å². The zero-order chi connectivity index (χ0) is 13.3. The number of hydrogen-bond donors (Lipinski definition) is 3. The van der Waals surface area contributed by atoms with Gasteiger partial charge in [0.05, 0.1) is 6.61 Å². The Morgan fingerprint density at radius 3 is 2.89 bits per heavy atom. The van der Waals surface area contributed by atoms with E-state index in [9.17, 15) is 9.90 Å². The van der Waals surface area contributed by atoms with Gasteiger partial charge in [-0.05, 0) is 6.07 Å². The zero-order valence-electron chi connectivity index (χ0n) is 9.76. The molecule has 0 bridgehead atoms. The summed E-state index contributed by atoms with van der Waals surface area (Å²) in [4.78, 5) is 15.2. The lowest BCUT2D eigenvalue weighted by Gasteiger charge is -2.18. The van der Waals surface area contributed by atoms with Crippen molar-refractivity contribution >= 4 is 5.82 Å². The molecule has 1 aliphatic rings. The van der Waals surface area contributed by atoms with Crippen molar-refractivity contribution in [2.24, 2.45) is 0 Å². The molecule has 4 atom stereocenters. The van der Waals surface area contributed by atoms with Gasteiger partial charge in [0.25, 0.3) is 0 Å². The average molecular weight is 257 g/mol. The lowest BCUT2D eigenvalue weighted by Crippen LogP contribution is -2.37. The summed E-state index contributed by atoms with van der Waals surface area (Å²) in [6.45, 7) is -0.316. The van der Waals surface area contributed by atoms with E-state index in [1.165, 1.54) is 19.4 Å². The van der Waals surface area contributed by atoms with Crippen LogP contribution in [0.15, 0.2) is 17.1 Å². The van der Waals surface area contributed by atoms with E-state index < -0.39 is 30.2 Å². The average Bonchev–Trinajstić information content (AvgIpc) is 2.66. The Balaban J connectivity index is 2.32. The van der Waals surface area contributed by atoms with Gasteiger partial charge in [-0.3, -0.25) is 4.57 Å². The number of nitrogens with two attached hydrogens (primary N) is 1. The molecule has 1 fully saturated rings. The van der Waals surface area contributed by atoms with Crippen molar-refractivity contribution < 1.29 is 19.7 Å². The number of aliphatic hydroxyl groups excluding tert-OH is 2. The van der Waals surface area contributed by atoms with Crippen LogP contribution < -0.4 is 11.4 Å². The van der Waals surface area contributed by atoms with Gasteiger partial charge in [-0.2, -0.15) is 4.98 Å². The number of anilines is 1. The van der Waals surface area contributed by atoms with Gasteiger partial charge in [-0.1, -0.05) is 0 Å². The van der Waals surface area contributed by atoms with Crippen molar-refractivity contribution in [2.45, 2.75) is 24.5 Å². The highest BCUT2D eigenvalue weighted by Crippen LogP contribution is 2.29. The standard InChI is InChI=1S/C10H15N3O5/c1-17-8-5(4-14)18-9(7(8)15)13-3-2-6(11)12-10(13)16/h2-3,5,7-9,14-15H,4H2,1H3,(H2,11,12,16)/t5?,7-,8-,9-/m1/s1. The van der Waals surface area contributed by atoms with Crippen LogP contribution in [0.1, 0.15) is 6.23 Å². The second-order valence-electron chi connectivity index (χ2n) is 3.98. The van der Waals surface area contributed by atoms with E-state index in [2.05, 4.69) is 4.98 Å². The quantitative estimate of drug-likeness (QED) is 0.578. The highest BCUT2D eigenvalue weighted by atomic mass is 16.6. The summed E-state index contributed by atoms with van der Waals surface area (Å²) in [5, 5.41) is 19.1. The zero-order valence-corrected chi connectivity index (χ0v) is 9.76. The van der Waals surface area contributed by atoms with Crippen molar-refractivity contribution in [3.05, 3.63) is 22.7 Å². The SMILES string of the molecule is CO[C@@H]1C(CO)O[C@@H](n2ccc(N)nc2=O)[C@@H]1O. The van der Waals surface area contributed by atoms with Crippen LogP contribution in [0.5, 0.6) is 0 Å². The fourth-order valence-corrected chi connectivity index (χ4v) is 2.01. The summed E-state index contributed by atoms with van der Waals surface area (Å²) in [5.41, 5.74) is 4.74. The first kappa shape index (κ1) is 13.0. The molecule has 0 spiro atoms. The maximum Gasteiger partial charge on any atom is 0.351 e. The first-order chi connectivity index (χ1) is 8.58. The second kappa shape index (κ2) is 5.02. The highest BCUT2D eigenvalue weighted by Gasteiger charge is 2.45. The van der Waals surface area contributed by atoms with Crippen LogP contribution >= 0.6 is 0 Å². The summed E-state index contributed by atoms with van der Waals surface area (Å²) in [6.07, 6.45) is -2.04. The van der Waals surface area contributed by atoms with Crippen LogP contribution in [0.25, 0.3) is 0 Å². The van der Waals surface area contributed by atoms with Gasteiger partial charge in [0, 0.05) is 13.3 Å². The molecule has 2 rings (SSSR count). The molecule has 0 amide bonds. The number of methoxy groups -OCH3 is 1. The molecule has 0 aliphatic carbocycles. The number of hydrogen-bond acceptors (Lipinski definition) is 7. The van der Waals surface area contributed by atoms with E-state index >= 15 is 0 Å². The molecule has 4 N–H and O–H groups in total. The van der Waals surface area contributed by atoms with Gasteiger partial charge in [0.1, 0.15) is 24.1 Å². The minimum absolute atomic E-state index is 0.0886. The molecule has 0 saturated carbocycles. The molecular formula is C10H15N3O5. The van der Waals surface area contributed by atoms with E-state index in [-0.39, 0.29) is 12.4 Å². The third-order valence-corrected chi connectivity index (χ3v) is 2.89. The Labute approximate surface area is 103 Å². The number of nitrogen functional groups attached to an aromatic ring is 1. The molecular weight excluding hydrogens is 242 g/mol. The second-order valence-corrected chi connectivity index (χ2v) is 3.98. The van der Waals surface area contributed by atoms with Crippen molar-refractivity contribution in [3.63, 3.8) is 0 Å². The molecule has 1 saturated heterocycles. The largest absolute Gasteiger partial charge is 0.394 e. The summed E-state index contributed by atoms with van der Waals surface area (Å²) in [7, 11) is 1.40. The third-order valence-electron chi connectivity index (χ3n) is 2.89. The topological polar surface area (TPSA) is 120 Å². The van der Waals surface area contributed by atoms with E-state index in [1.807, 2.05) is 0 Å². The Kier molecular flexibility index (Phi) is 3.62. The minimum atomic E-state index is -1.07. The number of aliphatic hydroxyl groups is 2. The maximum absolute atomic E-state index is 11.6. The Hall–Kier alpha value is -1.48. The number of aromatic nitrogens is 2. The fourth-order valence-electron chi connectivity index (χ4n) is 2.01. The van der Waals surface area contributed by atoms with Crippen LogP contribution in [0.3, 0.4) is 0 Å². The molecule has 1 unspecified atom stereocenters. The normalized spacial score (nSPS) is 31.7. The van der Waals surface area contributed by atoms with Gasteiger partial charge < -0.3 is 25.4 Å². The maximum atomic E-state index is 11.6. The number of rotatable bonds is 3. The molecule has 0 radical (unpaired) electrons.